The Kier molecular flexibility index (Phi) is 10.8. The van der Waals surface area contributed by atoms with E-state index in [1.807, 2.05) is 0 Å². The molecule has 0 N–H and O–H groups in total. The first-order chi connectivity index (χ1) is 40.7. The largest absolute Gasteiger partial charge is 0.454 e. The summed E-state index contributed by atoms with van der Waals surface area (Å²) in [4.78, 5) is 4.70. The molecule has 0 aliphatic heterocycles. The Morgan fingerprint density at radius 2 is 0.738 bits per heavy atom. The van der Waals surface area contributed by atoms with E-state index in [9.17, 15) is 0 Å². The molecule has 84 heavy (non-hydrogen) atoms. The van der Waals surface area contributed by atoms with Gasteiger partial charge < -0.3 is 27.5 Å². The molecular formula is C78H60N2O4. The number of nitrogens with zero attached hydrogens (tertiary/aromatic N) is 2. The highest BCUT2D eigenvalue weighted by atomic mass is 16.4. The second-order valence-electron chi connectivity index (χ2n) is 25.0. The van der Waals surface area contributed by atoms with Crippen molar-refractivity contribution < 1.29 is 17.7 Å². The Balaban J connectivity index is 0.868. The van der Waals surface area contributed by atoms with E-state index in [-0.39, 0.29) is 10.8 Å². The van der Waals surface area contributed by atoms with E-state index in [2.05, 4.69) is 284 Å². The number of benzene rings is 12. The van der Waals surface area contributed by atoms with Crippen LogP contribution in [0.2, 0.25) is 0 Å². The highest BCUT2D eigenvalue weighted by molar-refractivity contribution is 6.26. The van der Waals surface area contributed by atoms with Crippen LogP contribution in [0, 0.1) is 13.8 Å². The molecule has 0 aliphatic rings. The van der Waals surface area contributed by atoms with Gasteiger partial charge in [-0.25, -0.2) is 0 Å². The molecule has 4 aromatic heterocycles. The smallest absolute Gasteiger partial charge is 0.179 e. The minimum atomic E-state index is -0.0983. The third-order valence-electron chi connectivity index (χ3n) is 17.5. The predicted molar refractivity (Wildman–Crippen MR) is 352 cm³/mol. The summed E-state index contributed by atoms with van der Waals surface area (Å²) in [6.45, 7) is 17.8. The van der Waals surface area contributed by atoms with Gasteiger partial charge >= 0.3 is 0 Å². The molecule has 0 spiro atoms. The van der Waals surface area contributed by atoms with Crippen LogP contribution in [0.3, 0.4) is 0 Å². The van der Waals surface area contributed by atoms with Crippen molar-refractivity contribution in [1.82, 2.24) is 0 Å². The lowest BCUT2D eigenvalue weighted by Crippen LogP contribution is -2.11. The van der Waals surface area contributed by atoms with E-state index >= 15 is 0 Å². The summed E-state index contributed by atoms with van der Waals surface area (Å²) in [6, 6.07) is 78.7. The van der Waals surface area contributed by atoms with E-state index in [1.165, 1.54) is 11.1 Å². The second-order valence-corrected chi connectivity index (χ2v) is 25.0. The van der Waals surface area contributed by atoms with Crippen LogP contribution in [0.4, 0.5) is 34.1 Å². The molecule has 16 rings (SSSR count). The molecular weight excluding hydrogens is 1030 g/mol. The van der Waals surface area contributed by atoms with Crippen LogP contribution in [0.5, 0.6) is 0 Å². The number of furan rings is 4. The molecule has 12 aromatic carbocycles. The average molecular weight is 1090 g/mol. The first kappa shape index (κ1) is 49.7. The topological polar surface area (TPSA) is 59.0 Å². The molecule has 0 unspecified atom stereocenters. The molecule has 0 atom stereocenters. The Labute approximate surface area is 486 Å². The summed E-state index contributed by atoms with van der Waals surface area (Å²) in [5.41, 5.74) is 19.4. The highest BCUT2D eigenvalue weighted by Crippen LogP contribution is 2.50. The standard InChI is InChI=1S/C78H60N2O4/c1-45-20-12-14-30-64(45)79(66-32-18-26-56-54-24-16-28-62(77(3,4)5)71(54)83-73(56)66)52-36-34-48-40-59-60-44-58(47-22-10-9-11-23-47)70-61-41-49-35-37-53(39-51(49)43-69(61)82-76(70)75(60)81-68(59)42-50(48)38-52)80(65-31-15-13-21-46(65)2)67-33-19-27-57-55-25-17-29-63(78(6,7)8)72(55)84-74(57)67/h9-44H,1-8H3. The van der Waals surface area contributed by atoms with Crippen molar-refractivity contribution in [1.29, 1.82) is 0 Å². The molecule has 406 valence electrons. The molecule has 6 nitrogen and oxygen atoms in total. The molecule has 0 radical (unpaired) electrons. The summed E-state index contributed by atoms with van der Waals surface area (Å²) in [5, 5.41) is 12.8. The van der Waals surface area contributed by atoms with Crippen molar-refractivity contribution in [3.05, 3.63) is 241 Å². The maximum Gasteiger partial charge on any atom is 0.179 e. The fourth-order valence-electron chi connectivity index (χ4n) is 13.3. The Bertz CT molecular complexity index is 5390. The quantitative estimate of drug-likeness (QED) is 0.158. The first-order valence-electron chi connectivity index (χ1n) is 29.1. The van der Waals surface area contributed by atoms with Crippen LogP contribution >= 0.6 is 0 Å². The maximum absolute atomic E-state index is 7.19. The maximum atomic E-state index is 7.19. The molecule has 6 heteroatoms. The van der Waals surface area contributed by atoms with E-state index in [0.29, 0.717) is 0 Å². The molecule has 0 fully saturated rings. The van der Waals surface area contributed by atoms with Crippen LogP contribution in [0.15, 0.2) is 236 Å². The zero-order valence-corrected chi connectivity index (χ0v) is 48.3. The normalized spacial score (nSPS) is 12.5. The van der Waals surface area contributed by atoms with Crippen LogP contribution < -0.4 is 9.80 Å². The number of hydrogen-bond acceptors (Lipinski definition) is 6. The molecule has 0 bridgehead atoms. The first-order valence-corrected chi connectivity index (χ1v) is 29.1. The number of fused-ring (bicyclic) bond motifs is 15. The Hall–Kier alpha value is -10.0. The van der Waals surface area contributed by atoms with Gasteiger partial charge in [0.15, 0.2) is 22.3 Å². The van der Waals surface area contributed by atoms with Gasteiger partial charge in [0, 0.05) is 77.0 Å². The van der Waals surface area contributed by atoms with Gasteiger partial charge in [-0.1, -0.05) is 181 Å². The van der Waals surface area contributed by atoms with Crippen molar-refractivity contribution in [2.45, 2.75) is 66.2 Å². The lowest BCUT2D eigenvalue weighted by atomic mass is 9.86. The van der Waals surface area contributed by atoms with Gasteiger partial charge in [-0.15, -0.1) is 0 Å². The minimum Gasteiger partial charge on any atom is -0.454 e. The van der Waals surface area contributed by atoms with Crippen molar-refractivity contribution in [2.24, 2.45) is 0 Å². The van der Waals surface area contributed by atoms with Gasteiger partial charge in [0.1, 0.15) is 22.3 Å². The molecule has 16 aromatic rings. The van der Waals surface area contributed by atoms with E-state index < -0.39 is 0 Å². The molecule has 0 aliphatic carbocycles. The van der Waals surface area contributed by atoms with Crippen LogP contribution in [-0.4, -0.2) is 0 Å². The summed E-state index contributed by atoms with van der Waals surface area (Å²) in [5.74, 6) is 0. The third-order valence-corrected chi connectivity index (χ3v) is 17.5. The van der Waals surface area contributed by atoms with Crippen LogP contribution in [0.25, 0.3) is 120 Å². The lowest BCUT2D eigenvalue weighted by molar-refractivity contribution is 0.572. The summed E-state index contributed by atoms with van der Waals surface area (Å²) < 4.78 is 28.3. The fourth-order valence-corrected chi connectivity index (χ4v) is 13.3. The van der Waals surface area contributed by atoms with Gasteiger partial charge in [0.05, 0.1) is 11.4 Å². The molecule has 0 amide bonds. The fraction of sp³-hybridized carbons (Fsp3) is 0.128. The van der Waals surface area contributed by atoms with E-state index in [1.54, 1.807) is 0 Å². The zero-order chi connectivity index (χ0) is 56.9. The molecule has 4 heterocycles. The number of aryl methyl sites for hydroxylation is 2. The predicted octanol–water partition coefficient (Wildman–Crippen LogP) is 23.4. The van der Waals surface area contributed by atoms with E-state index in [4.69, 9.17) is 17.7 Å². The summed E-state index contributed by atoms with van der Waals surface area (Å²) in [7, 11) is 0. The number of anilines is 6. The molecule has 0 saturated heterocycles. The number of rotatable bonds is 7. The van der Waals surface area contributed by atoms with Crippen LogP contribution in [-0.2, 0) is 10.8 Å². The van der Waals surface area contributed by atoms with Gasteiger partial charge in [0.2, 0.25) is 0 Å². The zero-order valence-electron chi connectivity index (χ0n) is 48.3. The van der Waals surface area contributed by atoms with Crippen molar-refractivity contribution in [2.75, 3.05) is 9.80 Å². The highest BCUT2D eigenvalue weighted by Gasteiger charge is 2.28. The van der Waals surface area contributed by atoms with Crippen molar-refractivity contribution >= 4 is 143 Å². The number of para-hydroxylation sites is 6. The SMILES string of the molecule is Cc1ccccc1N(c1ccc2cc3c(cc2c1)oc1c3cc(-c2ccccc2)c2c3cc4ccc(N(c5ccccc5C)c5cccc6c5oc5c(C(C)(C)C)cccc56)cc4cc3oc12)c1cccc2c1oc1c(C(C)(C)C)cccc12. The summed E-state index contributed by atoms with van der Waals surface area (Å²) >= 11 is 0. The van der Waals surface area contributed by atoms with Crippen LogP contribution in [0.1, 0.15) is 63.8 Å². The average Bonchev–Trinajstić information content (AvgIpc) is 2.49. The monoisotopic (exact) mass is 1090 g/mol. The number of hydrogen-bond donors (Lipinski definition) is 0. The van der Waals surface area contributed by atoms with Gasteiger partial charge in [-0.2, -0.15) is 0 Å². The van der Waals surface area contributed by atoms with Crippen molar-refractivity contribution in [3.8, 4) is 11.1 Å². The van der Waals surface area contributed by atoms with Gasteiger partial charge in [0.25, 0.3) is 0 Å². The third kappa shape index (κ3) is 7.63. The summed E-state index contributed by atoms with van der Waals surface area (Å²) in [6.07, 6.45) is 0. The minimum absolute atomic E-state index is 0.0970. The Morgan fingerprint density at radius 1 is 0.298 bits per heavy atom. The van der Waals surface area contributed by atoms with Gasteiger partial charge in [-0.05, 0) is 147 Å². The Morgan fingerprint density at radius 3 is 1.25 bits per heavy atom. The molecule has 0 saturated carbocycles. The van der Waals surface area contributed by atoms with E-state index in [0.717, 1.165) is 166 Å². The van der Waals surface area contributed by atoms with Crippen molar-refractivity contribution in [3.63, 3.8) is 0 Å². The second kappa shape index (κ2) is 18.2. The lowest BCUT2D eigenvalue weighted by Gasteiger charge is -2.27. The van der Waals surface area contributed by atoms with Gasteiger partial charge in [-0.3, -0.25) is 0 Å².